The zero-order chi connectivity index (χ0) is 22.9. The molecule has 1 fully saturated rings. The second-order valence-electron chi connectivity index (χ2n) is 8.33. The lowest BCUT2D eigenvalue weighted by molar-refractivity contribution is 0.258. The van der Waals surface area contributed by atoms with Crippen LogP contribution in [0.5, 0.6) is 5.75 Å². The summed E-state index contributed by atoms with van der Waals surface area (Å²) in [5.74, 6) is 0.905. The van der Waals surface area contributed by atoms with E-state index in [1.807, 2.05) is 54.6 Å². The number of rotatable bonds is 10. The molecule has 3 aromatic rings. The number of hydrogen-bond donors (Lipinski definition) is 1. The fourth-order valence-electron chi connectivity index (χ4n) is 4.11. The molecule has 3 aromatic carbocycles. The van der Waals surface area contributed by atoms with Gasteiger partial charge in [-0.25, -0.2) is 0 Å². The Kier molecular flexibility index (Phi) is 8.90. The van der Waals surface area contributed by atoms with Gasteiger partial charge in [-0.3, -0.25) is 4.90 Å². The molecule has 0 unspecified atom stereocenters. The van der Waals surface area contributed by atoms with Crippen LogP contribution in [0.25, 0.3) is 0 Å². The number of piperazine rings is 1. The number of nitrogens with one attached hydrogen (secondary N) is 1. The lowest BCUT2D eigenvalue weighted by Gasteiger charge is -2.36. The lowest BCUT2D eigenvalue weighted by Crippen LogP contribution is -2.48. The molecule has 4 rings (SSSR count). The van der Waals surface area contributed by atoms with Crippen molar-refractivity contribution in [1.82, 2.24) is 10.2 Å². The maximum Gasteiger partial charge on any atom is 0.123 e. The molecule has 0 spiro atoms. The monoisotopic (exact) mass is 483 g/mol. The van der Waals surface area contributed by atoms with Crippen LogP contribution in [0.2, 0.25) is 10.0 Å². The first-order valence-electron chi connectivity index (χ1n) is 11.6. The van der Waals surface area contributed by atoms with E-state index in [0.717, 1.165) is 79.2 Å². The molecule has 1 saturated heterocycles. The molecule has 1 aliphatic rings. The molecule has 1 heterocycles. The predicted molar refractivity (Wildman–Crippen MR) is 139 cm³/mol. The van der Waals surface area contributed by atoms with Gasteiger partial charge in [-0.1, -0.05) is 59.6 Å². The highest BCUT2D eigenvalue weighted by Crippen LogP contribution is 2.24. The molecule has 4 nitrogen and oxygen atoms in total. The molecular weight excluding hydrogens is 453 g/mol. The fourth-order valence-corrected chi connectivity index (χ4v) is 4.49. The molecule has 0 amide bonds. The number of benzene rings is 3. The zero-order valence-corrected chi connectivity index (χ0v) is 20.4. The summed E-state index contributed by atoms with van der Waals surface area (Å²) in [4.78, 5) is 4.92. The smallest absolute Gasteiger partial charge is 0.123 e. The number of halogens is 2. The third kappa shape index (κ3) is 7.38. The quantitative estimate of drug-likeness (QED) is 0.383. The molecular formula is C27H31Cl2N3O. The standard InChI is InChI=1S/C27H31Cl2N3O/c28-24-7-4-8-26(20-24)32-17-15-31(16-18-32)14-13-30-12-11-23-19-25(29)9-10-27(23)33-21-22-5-2-1-3-6-22/h1-10,19-20,30H,11-18,21H2. The van der Waals surface area contributed by atoms with Crippen LogP contribution >= 0.6 is 23.2 Å². The maximum atomic E-state index is 6.25. The summed E-state index contributed by atoms with van der Waals surface area (Å²) in [7, 11) is 0. The average molecular weight is 484 g/mol. The van der Waals surface area contributed by atoms with Crippen LogP contribution in [-0.2, 0) is 13.0 Å². The SMILES string of the molecule is Clc1cccc(N2CCN(CCNCCc3cc(Cl)ccc3OCc3ccccc3)CC2)c1. The molecule has 0 radical (unpaired) electrons. The highest BCUT2D eigenvalue weighted by atomic mass is 35.5. The average Bonchev–Trinajstić information content (AvgIpc) is 2.84. The van der Waals surface area contributed by atoms with Crippen molar-refractivity contribution in [1.29, 1.82) is 0 Å². The van der Waals surface area contributed by atoms with E-state index in [9.17, 15) is 0 Å². The summed E-state index contributed by atoms with van der Waals surface area (Å²) in [5, 5.41) is 5.12. The van der Waals surface area contributed by atoms with Gasteiger partial charge in [-0.2, -0.15) is 0 Å². The van der Waals surface area contributed by atoms with Crippen LogP contribution in [0.4, 0.5) is 5.69 Å². The number of nitrogens with zero attached hydrogens (tertiary/aromatic N) is 2. The van der Waals surface area contributed by atoms with Crippen molar-refractivity contribution < 1.29 is 4.74 Å². The van der Waals surface area contributed by atoms with Crippen LogP contribution in [0, 0.1) is 0 Å². The Labute approximate surface area is 207 Å². The zero-order valence-electron chi connectivity index (χ0n) is 18.9. The van der Waals surface area contributed by atoms with E-state index in [0.29, 0.717) is 6.61 Å². The van der Waals surface area contributed by atoms with Crippen molar-refractivity contribution in [2.24, 2.45) is 0 Å². The van der Waals surface area contributed by atoms with E-state index in [1.165, 1.54) is 5.69 Å². The van der Waals surface area contributed by atoms with Crippen LogP contribution < -0.4 is 15.0 Å². The molecule has 0 bridgehead atoms. The first-order chi connectivity index (χ1) is 16.2. The van der Waals surface area contributed by atoms with Crippen LogP contribution in [-0.4, -0.2) is 50.7 Å². The summed E-state index contributed by atoms with van der Waals surface area (Å²) in [5.41, 5.74) is 3.51. The molecule has 1 N–H and O–H groups in total. The summed E-state index contributed by atoms with van der Waals surface area (Å²) >= 11 is 12.4. The van der Waals surface area contributed by atoms with E-state index in [-0.39, 0.29) is 0 Å². The van der Waals surface area contributed by atoms with Crippen LogP contribution in [0.1, 0.15) is 11.1 Å². The number of ether oxygens (including phenoxy) is 1. The Morgan fingerprint density at radius 1 is 0.788 bits per heavy atom. The van der Waals surface area contributed by atoms with Gasteiger partial charge < -0.3 is 15.0 Å². The first kappa shape index (κ1) is 23.9. The third-order valence-corrected chi connectivity index (χ3v) is 6.45. The van der Waals surface area contributed by atoms with E-state index < -0.39 is 0 Å². The molecule has 1 aliphatic heterocycles. The predicted octanol–water partition coefficient (Wildman–Crippen LogP) is 5.53. The molecule has 0 aliphatic carbocycles. The fraction of sp³-hybridized carbons (Fsp3) is 0.333. The minimum Gasteiger partial charge on any atom is -0.489 e. The van der Waals surface area contributed by atoms with Crippen molar-refractivity contribution in [3.05, 3.63) is 94.0 Å². The third-order valence-electron chi connectivity index (χ3n) is 5.98. The van der Waals surface area contributed by atoms with Crippen molar-refractivity contribution in [2.75, 3.05) is 50.7 Å². The topological polar surface area (TPSA) is 27.7 Å². The van der Waals surface area contributed by atoms with Gasteiger partial charge in [0.15, 0.2) is 0 Å². The Morgan fingerprint density at radius 2 is 1.58 bits per heavy atom. The lowest BCUT2D eigenvalue weighted by atomic mass is 10.1. The molecule has 0 saturated carbocycles. The largest absolute Gasteiger partial charge is 0.489 e. The highest BCUT2D eigenvalue weighted by molar-refractivity contribution is 6.31. The second-order valence-corrected chi connectivity index (χ2v) is 9.21. The Morgan fingerprint density at radius 3 is 2.36 bits per heavy atom. The molecule has 33 heavy (non-hydrogen) atoms. The van der Waals surface area contributed by atoms with Crippen molar-refractivity contribution in [3.8, 4) is 5.75 Å². The first-order valence-corrected chi connectivity index (χ1v) is 12.3. The Balaban J connectivity index is 1.17. The van der Waals surface area contributed by atoms with Gasteiger partial charge in [0.25, 0.3) is 0 Å². The number of hydrogen-bond acceptors (Lipinski definition) is 4. The van der Waals surface area contributed by atoms with Gasteiger partial charge in [0.1, 0.15) is 12.4 Å². The van der Waals surface area contributed by atoms with Gasteiger partial charge in [0.2, 0.25) is 0 Å². The normalized spacial score (nSPS) is 14.4. The Hall–Kier alpha value is -2.24. The van der Waals surface area contributed by atoms with E-state index >= 15 is 0 Å². The van der Waals surface area contributed by atoms with Gasteiger partial charge in [-0.05, 0) is 60.5 Å². The second kappa shape index (κ2) is 12.3. The minimum absolute atomic E-state index is 0.560. The van der Waals surface area contributed by atoms with Gasteiger partial charge in [0, 0.05) is 55.0 Å². The van der Waals surface area contributed by atoms with Crippen molar-refractivity contribution >= 4 is 28.9 Å². The summed E-state index contributed by atoms with van der Waals surface area (Å²) in [6, 6.07) is 24.2. The van der Waals surface area contributed by atoms with Crippen LogP contribution in [0.3, 0.4) is 0 Å². The van der Waals surface area contributed by atoms with Crippen LogP contribution in [0.15, 0.2) is 72.8 Å². The van der Waals surface area contributed by atoms with E-state index in [4.69, 9.17) is 27.9 Å². The Bertz CT molecular complexity index is 1010. The maximum absolute atomic E-state index is 6.25. The van der Waals surface area contributed by atoms with Gasteiger partial charge in [0.05, 0.1) is 0 Å². The summed E-state index contributed by atoms with van der Waals surface area (Å²) in [6.07, 6.45) is 0.882. The highest BCUT2D eigenvalue weighted by Gasteiger charge is 2.17. The van der Waals surface area contributed by atoms with Crippen molar-refractivity contribution in [2.45, 2.75) is 13.0 Å². The molecule has 174 valence electrons. The molecule has 0 aromatic heterocycles. The van der Waals surface area contributed by atoms with Crippen molar-refractivity contribution in [3.63, 3.8) is 0 Å². The molecule has 0 atom stereocenters. The van der Waals surface area contributed by atoms with E-state index in [2.05, 4.69) is 33.3 Å². The summed E-state index contributed by atoms with van der Waals surface area (Å²) in [6.45, 7) is 7.68. The summed E-state index contributed by atoms with van der Waals surface area (Å²) < 4.78 is 6.08. The minimum atomic E-state index is 0.560. The van der Waals surface area contributed by atoms with Gasteiger partial charge in [-0.15, -0.1) is 0 Å². The van der Waals surface area contributed by atoms with Gasteiger partial charge >= 0.3 is 0 Å². The number of anilines is 1. The molecule has 6 heteroatoms. The van der Waals surface area contributed by atoms with E-state index in [1.54, 1.807) is 0 Å².